The molecule has 1 aromatic rings. The second-order valence-electron chi connectivity index (χ2n) is 6.00. The number of rotatable bonds is 2. The van der Waals surface area contributed by atoms with E-state index >= 15 is 0 Å². The van der Waals surface area contributed by atoms with Gasteiger partial charge in [-0.1, -0.05) is 30.3 Å². The average Bonchev–Trinajstić information content (AvgIpc) is 2.43. The maximum Gasteiger partial charge on any atom is 0.0834 e. The lowest BCUT2D eigenvalue weighted by Crippen LogP contribution is -2.57. The third kappa shape index (κ3) is 3.16. The monoisotopic (exact) mass is 260 g/mol. The van der Waals surface area contributed by atoms with Gasteiger partial charge in [0.25, 0.3) is 0 Å². The van der Waals surface area contributed by atoms with E-state index in [0.29, 0.717) is 6.10 Å². The molecule has 2 aliphatic rings. The summed E-state index contributed by atoms with van der Waals surface area (Å²) >= 11 is 0. The molecule has 0 amide bonds. The zero-order chi connectivity index (χ0) is 13.1. The highest BCUT2D eigenvalue weighted by Crippen LogP contribution is 2.29. The van der Waals surface area contributed by atoms with Gasteiger partial charge in [-0.15, -0.1) is 0 Å². The highest BCUT2D eigenvalue weighted by molar-refractivity contribution is 5.14. The van der Waals surface area contributed by atoms with Crippen LogP contribution in [0.1, 0.15) is 25.3 Å². The summed E-state index contributed by atoms with van der Waals surface area (Å²) in [4.78, 5) is 2.54. The Morgan fingerprint density at radius 1 is 1.26 bits per heavy atom. The van der Waals surface area contributed by atoms with Crippen molar-refractivity contribution in [3.8, 4) is 0 Å². The van der Waals surface area contributed by atoms with E-state index < -0.39 is 0 Å². The summed E-state index contributed by atoms with van der Waals surface area (Å²) in [5.74, 6) is 0. The van der Waals surface area contributed by atoms with E-state index in [9.17, 15) is 0 Å². The number of hydrogen-bond donors (Lipinski definition) is 1. The maximum absolute atomic E-state index is 6.22. The van der Waals surface area contributed by atoms with E-state index in [-0.39, 0.29) is 5.60 Å². The maximum atomic E-state index is 6.22. The summed E-state index contributed by atoms with van der Waals surface area (Å²) in [6, 6.07) is 10.8. The minimum Gasteiger partial charge on any atom is -0.369 e. The van der Waals surface area contributed by atoms with Crippen LogP contribution in [0.15, 0.2) is 30.3 Å². The fourth-order valence-electron chi connectivity index (χ4n) is 3.27. The van der Waals surface area contributed by atoms with Crippen LogP contribution in [-0.2, 0) is 11.3 Å². The van der Waals surface area contributed by atoms with Gasteiger partial charge in [-0.05, 0) is 25.3 Å². The first-order chi connectivity index (χ1) is 9.26. The molecule has 2 fully saturated rings. The molecule has 0 aromatic heterocycles. The van der Waals surface area contributed by atoms with Gasteiger partial charge in [-0.2, -0.15) is 0 Å². The molecule has 2 heterocycles. The van der Waals surface area contributed by atoms with E-state index in [4.69, 9.17) is 4.74 Å². The van der Waals surface area contributed by atoms with Crippen LogP contribution in [0.3, 0.4) is 0 Å². The minimum atomic E-state index is 0.102. The first-order valence-corrected chi connectivity index (χ1v) is 7.41. The van der Waals surface area contributed by atoms with Crippen molar-refractivity contribution in [3.05, 3.63) is 35.9 Å². The average molecular weight is 260 g/mol. The molecule has 3 heteroatoms. The van der Waals surface area contributed by atoms with Crippen LogP contribution >= 0.6 is 0 Å². The summed E-state index contributed by atoms with van der Waals surface area (Å²) < 4.78 is 6.22. The van der Waals surface area contributed by atoms with E-state index in [0.717, 1.165) is 45.6 Å². The molecule has 1 spiro atoms. The molecule has 3 rings (SSSR count). The molecule has 1 aromatic carbocycles. The summed E-state index contributed by atoms with van der Waals surface area (Å²) in [6.07, 6.45) is 2.66. The number of likely N-dealkylation sites (tertiary alicyclic amines) is 1. The third-order valence-electron chi connectivity index (χ3n) is 4.35. The largest absolute Gasteiger partial charge is 0.369 e. The van der Waals surface area contributed by atoms with E-state index in [2.05, 4.69) is 47.5 Å². The molecule has 2 aliphatic heterocycles. The van der Waals surface area contributed by atoms with Gasteiger partial charge >= 0.3 is 0 Å². The molecule has 1 atom stereocenters. The molecule has 104 valence electrons. The molecule has 0 radical (unpaired) electrons. The Kier molecular flexibility index (Phi) is 3.87. The van der Waals surface area contributed by atoms with Crippen molar-refractivity contribution in [1.29, 1.82) is 0 Å². The first kappa shape index (κ1) is 13.1. The Balaban J connectivity index is 1.54. The number of nitrogens with one attached hydrogen (secondary N) is 1. The Hall–Kier alpha value is -0.900. The van der Waals surface area contributed by atoms with Crippen LogP contribution in [-0.4, -0.2) is 42.8 Å². The van der Waals surface area contributed by atoms with Gasteiger partial charge in [0.15, 0.2) is 0 Å². The lowest BCUT2D eigenvalue weighted by atomic mass is 9.89. The number of hydrogen-bond acceptors (Lipinski definition) is 3. The number of nitrogens with zero attached hydrogens (tertiary/aromatic N) is 1. The number of morpholine rings is 1. The predicted molar refractivity (Wildman–Crippen MR) is 77.1 cm³/mol. The molecule has 19 heavy (non-hydrogen) atoms. The van der Waals surface area contributed by atoms with Gasteiger partial charge in [0.1, 0.15) is 0 Å². The first-order valence-electron chi connectivity index (χ1n) is 7.41. The Morgan fingerprint density at radius 3 is 2.68 bits per heavy atom. The molecular weight excluding hydrogens is 236 g/mol. The van der Waals surface area contributed by atoms with Crippen LogP contribution in [0, 0.1) is 0 Å². The predicted octanol–water partition coefficient (Wildman–Crippen LogP) is 2.03. The van der Waals surface area contributed by atoms with Crippen molar-refractivity contribution in [3.63, 3.8) is 0 Å². The SMILES string of the molecule is CC1CNCC2(CCN(Cc3ccccc3)CC2)O1. The highest BCUT2D eigenvalue weighted by atomic mass is 16.5. The summed E-state index contributed by atoms with van der Waals surface area (Å²) in [5.41, 5.74) is 1.51. The van der Waals surface area contributed by atoms with E-state index in [1.165, 1.54) is 5.56 Å². The minimum absolute atomic E-state index is 0.102. The van der Waals surface area contributed by atoms with Crippen LogP contribution in [0.4, 0.5) is 0 Å². The third-order valence-corrected chi connectivity index (χ3v) is 4.35. The van der Waals surface area contributed by atoms with Crippen LogP contribution in [0.25, 0.3) is 0 Å². The standard InChI is InChI=1S/C16H24N2O/c1-14-11-17-13-16(19-14)7-9-18(10-8-16)12-15-5-3-2-4-6-15/h2-6,14,17H,7-13H2,1H3. The lowest BCUT2D eigenvalue weighted by molar-refractivity contribution is -0.136. The molecule has 2 saturated heterocycles. The topological polar surface area (TPSA) is 24.5 Å². The van der Waals surface area contributed by atoms with Crippen LogP contribution < -0.4 is 5.32 Å². The van der Waals surface area contributed by atoms with E-state index in [1.807, 2.05) is 0 Å². The highest BCUT2D eigenvalue weighted by Gasteiger charge is 2.38. The van der Waals surface area contributed by atoms with Crippen molar-refractivity contribution >= 4 is 0 Å². The molecule has 0 bridgehead atoms. The molecule has 0 aliphatic carbocycles. The number of ether oxygens (including phenoxy) is 1. The molecule has 1 N–H and O–H groups in total. The Labute approximate surface area is 115 Å². The Morgan fingerprint density at radius 2 is 2.00 bits per heavy atom. The van der Waals surface area contributed by atoms with Crippen molar-refractivity contribution in [2.75, 3.05) is 26.2 Å². The normalized spacial score (nSPS) is 27.5. The lowest BCUT2D eigenvalue weighted by Gasteiger charge is -2.46. The van der Waals surface area contributed by atoms with Crippen molar-refractivity contribution in [2.45, 2.75) is 38.0 Å². The van der Waals surface area contributed by atoms with Crippen LogP contribution in [0.5, 0.6) is 0 Å². The zero-order valence-electron chi connectivity index (χ0n) is 11.8. The second kappa shape index (κ2) is 5.61. The summed E-state index contributed by atoms with van der Waals surface area (Å²) in [7, 11) is 0. The fourth-order valence-corrected chi connectivity index (χ4v) is 3.27. The second-order valence-corrected chi connectivity index (χ2v) is 6.00. The van der Waals surface area contributed by atoms with Gasteiger partial charge < -0.3 is 10.1 Å². The van der Waals surface area contributed by atoms with E-state index in [1.54, 1.807) is 0 Å². The molecule has 0 saturated carbocycles. The van der Waals surface area contributed by atoms with Crippen LogP contribution in [0.2, 0.25) is 0 Å². The van der Waals surface area contributed by atoms with Crippen molar-refractivity contribution < 1.29 is 4.74 Å². The van der Waals surface area contributed by atoms with Crippen molar-refractivity contribution in [1.82, 2.24) is 10.2 Å². The van der Waals surface area contributed by atoms with Gasteiger partial charge in [0.2, 0.25) is 0 Å². The van der Waals surface area contributed by atoms with Gasteiger partial charge in [-0.25, -0.2) is 0 Å². The number of benzene rings is 1. The quantitative estimate of drug-likeness (QED) is 0.880. The summed E-state index contributed by atoms with van der Waals surface area (Å²) in [6.45, 7) is 7.54. The molecule has 3 nitrogen and oxygen atoms in total. The zero-order valence-corrected chi connectivity index (χ0v) is 11.8. The van der Waals surface area contributed by atoms with Gasteiger partial charge in [0, 0.05) is 32.7 Å². The molecule has 1 unspecified atom stereocenters. The number of piperidine rings is 1. The van der Waals surface area contributed by atoms with Gasteiger partial charge in [-0.3, -0.25) is 4.90 Å². The fraction of sp³-hybridized carbons (Fsp3) is 0.625. The smallest absolute Gasteiger partial charge is 0.0834 e. The Bertz CT molecular complexity index is 398. The van der Waals surface area contributed by atoms with Crippen molar-refractivity contribution in [2.24, 2.45) is 0 Å². The summed E-state index contributed by atoms with van der Waals surface area (Å²) in [5, 5.41) is 3.52. The van der Waals surface area contributed by atoms with Gasteiger partial charge in [0.05, 0.1) is 11.7 Å². The molecular formula is C16H24N2O.